The summed E-state index contributed by atoms with van der Waals surface area (Å²) in [6.07, 6.45) is -4.08. The number of hydrogen-bond donors (Lipinski definition) is 1. The number of alkyl halides is 3. The van der Waals surface area contributed by atoms with Crippen LogP contribution in [0.25, 0.3) is 0 Å². The van der Waals surface area contributed by atoms with Gasteiger partial charge in [0.15, 0.2) is 0 Å². The van der Waals surface area contributed by atoms with Crippen molar-refractivity contribution in [3.8, 4) is 0 Å². The molecule has 0 radical (unpaired) electrons. The van der Waals surface area contributed by atoms with Crippen molar-refractivity contribution < 1.29 is 24.0 Å². The van der Waals surface area contributed by atoms with Crippen LogP contribution in [0.5, 0.6) is 0 Å². The van der Waals surface area contributed by atoms with E-state index in [9.17, 15) is 13.2 Å². The van der Waals surface area contributed by atoms with E-state index in [1.165, 1.54) is 0 Å². The lowest BCUT2D eigenvalue weighted by atomic mass is 11.1. The van der Waals surface area contributed by atoms with Gasteiger partial charge in [0, 0.05) is 0 Å². The molecule has 2 nitrogen and oxygen atoms in total. The Balaban J connectivity index is 0. The highest BCUT2D eigenvalue weighted by molar-refractivity contribution is 4.06. The molecule has 0 amide bonds. The molecule has 0 aliphatic heterocycles. The number of quaternary nitrogens is 1. The van der Waals surface area contributed by atoms with E-state index in [-0.39, 0.29) is 10.8 Å². The Labute approximate surface area is 38.6 Å². The third kappa shape index (κ3) is 10.7. The van der Waals surface area contributed by atoms with Gasteiger partial charge in [0.1, 0.15) is 0 Å². The monoisotopic (exact) mass is 117 g/mol. The smallest absolute Gasteiger partial charge is 0.557 e. The Morgan fingerprint density at radius 1 is 1.29 bits per heavy atom. The highest BCUT2D eigenvalue weighted by atomic mass is 19.4. The van der Waals surface area contributed by atoms with E-state index in [0.29, 0.717) is 0 Å². The summed E-state index contributed by atoms with van der Waals surface area (Å²) < 4.78 is 32.2. The first-order chi connectivity index (χ1) is 2.56. The molecular weight excluding hydrogens is 111 g/mol. The molecule has 0 rings (SSSR count). The van der Waals surface area contributed by atoms with Crippen LogP contribution in [0, 0.1) is 0 Å². The van der Waals surface area contributed by atoms with Gasteiger partial charge in [-0.05, 0) is 0 Å². The Bertz CT molecular complexity index is 42.7. The fraction of sp³-hybridized carbons (Fsp3) is 1.00. The first-order valence-electron chi connectivity index (χ1n) is 1.43. The second kappa shape index (κ2) is 2.81. The maximum Gasteiger partial charge on any atom is 0.557 e. The zero-order valence-electron chi connectivity index (χ0n) is 3.66. The van der Waals surface area contributed by atoms with Gasteiger partial charge < -0.3 is 5.48 Å². The van der Waals surface area contributed by atoms with Crippen molar-refractivity contribution in [1.82, 2.24) is 0 Å². The SMILES string of the molecule is C[NH2+]C(F)(F)F.[OH-]. The number of halogens is 3. The topological polar surface area (TPSA) is 46.6 Å². The molecule has 0 spiro atoms. The van der Waals surface area contributed by atoms with Crippen LogP contribution in [-0.4, -0.2) is 18.8 Å². The van der Waals surface area contributed by atoms with Gasteiger partial charge in [-0.15, -0.1) is 13.2 Å². The maximum absolute atomic E-state index is 10.7. The minimum Gasteiger partial charge on any atom is -0.870 e. The summed E-state index contributed by atoms with van der Waals surface area (Å²) in [5, 5.41) is 0.188. The average molecular weight is 117 g/mol. The molecular formula is C2H6F3NO. The summed E-state index contributed by atoms with van der Waals surface area (Å²) in [7, 11) is 0.958. The van der Waals surface area contributed by atoms with Gasteiger partial charge >= 0.3 is 6.30 Å². The fourth-order valence-corrected chi connectivity index (χ4v) is 0. The Hall–Kier alpha value is -0.290. The standard InChI is InChI=1S/C2H4F3N.H2O/c1-6-2(3,4)5;/h6H,1H3;1H2. The van der Waals surface area contributed by atoms with Gasteiger partial charge in [0.05, 0.1) is 7.05 Å². The van der Waals surface area contributed by atoms with Crippen molar-refractivity contribution in [1.29, 1.82) is 0 Å². The summed E-state index contributed by atoms with van der Waals surface area (Å²) >= 11 is 0. The minimum atomic E-state index is -4.08. The van der Waals surface area contributed by atoms with Crippen LogP contribution in [0.2, 0.25) is 0 Å². The van der Waals surface area contributed by atoms with Crippen molar-refractivity contribution in [2.45, 2.75) is 6.30 Å². The van der Waals surface area contributed by atoms with E-state index in [2.05, 4.69) is 0 Å². The fourth-order valence-electron chi connectivity index (χ4n) is 0. The summed E-state index contributed by atoms with van der Waals surface area (Å²) in [4.78, 5) is 0. The van der Waals surface area contributed by atoms with E-state index in [4.69, 9.17) is 0 Å². The van der Waals surface area contributed by atoms with E-state index in [1.54, 1.807) is 0 Å². The molecule has 0 aliphatic carbocycles. The van der Waals surface area contributed by atoms with Crippen LogP contribution in [0.1, 0.15) is 0 Å². The quantitative estimate of drug-likeness (QED) is 0.428. The summed E-state index contributed by atoms with van der Waals surface area (Å²) in [5.74, 6) is 0. The molecule has 0 saturated heterocycles. The molecule has 0 unspecified atom stereocenters. The molecule has 0 heterocycles. The average Bonchev–Trinajstić information content (AvgIpc) is 1.35. The minimum absolute atomic E-state index is 0. The molecule has 0 atom stereocenters. The number of nitrogens with two attached hydrogens (primary N) is 1. The van der Waals surface area contributed by atoms with Gasteiger partial charge in [0.25, 0.3) is 0 Å². The Morgan fingerprint density at radius 3 is 1.43 bits per heavy atom. The molecule has 0 fully saturated rings. The predicted molar refractivity (Wildman–Crippen MR) is 15.8 cm³/mol. The largest absolute Gasteiger partial charge is 0.870 e. The van der Waals surface area contributed by atoms with E-state index in [0.717, 1.165) is 7.05 Å². The highest BCUT2D eigenvalue weighted by Crippen LogP contribution is 1.99. The first kappa shape index (κ1) is 9.86. The molecule has 0 aromatic rings. The van der Waals surface area contributed by atoms with Crippen molar-refractivity contribution in [3.05, 3.63) is 0 Å². The Kier molecular flexibility index (Phi) is 3.96. The van der Waals surface area contributed by atoms with Crippen LogP contribution < -0.4 is 5.32 Å². The first-order valence-corrected chi connectivity index (χ1v) is 1.43. The molecule has 0 saturated carbocycles. The van der Waals surface area contributed by atoms with Gasteiger partial charge in [-0.1, -0.05) is 0 Å². The third-order valence-corrected chi connectivity index (χ3v) is 0.327. The van der Waals surface area contributed by atoms with Crippen LogP contribution in [-0.2, 0) is 0 Å². The van der Waals surface area contributed by atoms with Crippen LogP contribution in [0.3, 0.4) is 0 Å². The Morgan fingerprint density at radius 2 is 1.43 bits per heavy atom. The van der Waals surface area contributed by atoms with E-state index >= 15 is 0 Å². The molecule has 0 aliphatic rings. The van der Waals surface area contributed by atoms with Crippen LogP contribution in [0.15, 0.2) is 0 Å². The van der Waals surface area contributed by atoms with Gasteiger partial charge in [-0.25, -0.2) is 0 Å². The number of rotatable bonds is 0. The molecule has 0 aromatic heterocycles. The second-order valence-corrected chi connectivity index (χ2v) is 0.830. The summed E-state index contributed by atoms with van der Waals surface area (Å²) in [6.45, 7) is 0. The van der Waals surface area contributed by atoms with Gasteiger partial charge in [-0.3, -0.25) is 5.32 Å². The molecule has 0 bridgehead atoms. The lowest BCUT2D eigenvalue weighted by Crippen LogP contribution is -2.89. The zero-order valence-corrected chi connectivity index (χ0v) is 3.66. The van der Waals surface area contributed by atoms with Crippen molar-refractivity contribution in [2.24, 2.45) is 0 Å². The van der Waals surface area contributed by atoms with Crippen molar-refractivity contribution in [3.63, 3.8) is 0 Å². The molecule has 7 heavy (non-hydrogen) atoms. The predicted octanol–water partition coefficient (Wildman–Crippen LogP) is -0.477. The molecule has 3 N–H and O–H groups in total. The molecule has 5 heteroatoms. The van der Waals surface area contributed by atoms with E-state index < -0.39 is 6.30 Å². The maximum atomic E-state index is 10.7. The lowest BCUT2D eigenvalue weighted by molar-refractivity contribution is -0.794. The van der Waals surface area contributed by atoms with Gasteiger partial charge in [-0.2, -0.15) is 0 Å². The normalized spacial score (nSPS) is 10.3. The second-order valence-electron chi connectivity index (χ2n) is 0.830. The molecule has 0 aromatic carbocycles. The third-order valence-electron chi connectivity index (χ3n) is 0.327. The molecule has 46 valence electrons. The summed E-state index contributed by atoms with van der Waals surface area (Å²) in [6, 6.07) is 0. The van der Waals surface area contributed by atoms with Crippen molar-refractivity contribution in [2.75, 3.05) is 7.05 Å². The highest BCUT2D eigenvalue weighted by Gasteiger charge is 2.29. The van der Waals surface area contributed by atoms with Crippen molar-refractivity contribution >= 4 is 0 Å². The van der Waals surface area contributed by atoms with Gasteiger partial charge in [0.2, 0.25) is 0 Å². The summed E-state index contributed by atoms with van der Waals surface area (Å²) in [5.41, 5.74) is 0. The zero-order chi connectivity index (χ0) is 5.21. The van der Waals surface area contributed by atoms with Crippen LogP contribution in [0.4, 0.5) is 13.2 Å². The van der Waals surface area contributed by atoms with Crippen LogP contribution >= 0.6 is 0 Å². The number of hydrogen-bond acceptors (Lipinski definition) is 1. The lowest BCUT2D eigenvalue weighted by Gasteiger charge is -1.93. The van der Waals surface area contributed by atoms with E-state index in [1.807, 2.05) is 0 Å².